The van der Waals surface area contributed by atoms with Gasteiger partial charge in [-0.2, -0.15) is 0 Å². The highest BCUT2D eigenvalue weighted by Crippen LogP contribution is 2.36. The van der Waals surface area contributed by atoms with E-state index >= 15 is 0 Å². The minimum atomic E-state index is -1.05. The van der Waals surface area contributed by atoms with Crippen LogP contribution in [0.15, 0.2) is 42.5 Å². The van der Waals surface area contributed by atoms with E-state index in [1.54, 1.807) is 30.3 Å². The van der Waals surface area contributed by atoms with Crippen LogP contribution in [0.4, 0.5) is 0 Å². The van der Waals surface area contributed by atoms with Crippen molar-refractivity contribution in [2.45, 2.75) is 56.6 Å². The molecule has 1 unspecified atom stereocenters. The summed E-state index contributed by atoms with van der Waals surface area (Å²) >= 11 is 0. The van der Waals surface area contributed by atoms with Crippen molar-refractivity contribution in [3.8, 4) is 0 Å². The quantitative estimate of drug-likeness (QED) is 0.0486. The number of ether oxygens (including phenoxy) is 1. The van der Waals surface area contributed by atoms with Crippen LogP contribution in [0.2, 0.25) is 0 Å². The van der Waals surface area contributed by atoms with Crippen LogP contribution in [0, 0.1) is 0 Å². The molecule has 0 bridgehead atoms. The van der Waals surface area contributed by atoms with Gasteiger partial charge in [-0.3, -0.25) is 38.5 Å². The molecule has 7 amide bonds. The number of rotatable bonds is 20. The Kier molecular flexibility index (Phi) is 13.4. The molecular formula is C30H38N6O9. The van der Waals surface area contributed by atoms with E-state index in [4.69, 9.17) is 4.74 Å². The van der Waals surface area contributed by atoms with Crippen LogP contribution in [0.1, 0.15) is 44.1 Å². The number of hydrogen-bond donors (Lipinski definition) is 5. The molecule has 1 aliphatic heterocycles. The lowest BCUT2D eigenvalue weighted by Gasteiger charge is -2.19. The molecule has 3 rings (SSSR count). The van der Waals surface area contributed by atoms with Crippen LogP contribution < -0.4 is 26.6 Å². The Hall–Kier alpha value is -4.92. The van der Waals surface area contributed by atoms with Gasteiger partial charge in [0.2, 0.25) is 29.5 Å². The fourth-order valence-corrected chi connectivity index (χ4v) is 4.23. The normalized spacial score (nSPS) is 15.2. The summed E-state index contributed by atoms with van der Waals surface area (Å²) in [4.78, 5) is 96.9. The van der Waals surface area contributed by atoms with Crippen molar-refractivity contribution in [2.24, 2.45) is 0 Å². The summed E-state index contributed by atoms with van der Waals surface area (Å²) in [5.41, 5.74) is -0.0798. The second-order valence-electron chi connectivity index (χ2n) is 10.6. The summed E-state index contributed by atoms with van der Waals surface area (Å²) in [6.45, 7) is -1.09. The number of amides is 7. The third kappa shape index (κ3) is 12.3. The number of imide groups is 1. The van der Waals surface area contributed by atoms with E-state index in [0.29, 0.717) is 38.4 Å². The van der Waals surface area contributed by atoms with Crippen LogP contribution in [-0.4, -0.2) is 97.1 Å². The first-order chi connectivity index (χ1) is 21.6. The largest absolute Gasteiger partial charge is 0.347 e. The van der Waals surface area contributed by atoms with Gasteiger partial charge in [-0.15, -0.1) is 0 Å². The molecular weight excluding hydrogens is 588 g/mol. The molecule has 242 valence electrons. The monoisotopic (exact) mass is 626 g/mol. The van der Waals surface area contributed by atoms with Gasteiger partial charge in [-0.05, 0) is 31.2 Å². The first-order valence-electron chi connectivity index (χ1n) is 14.7. The molecule has 45 heavy (non-hydrogen) atoms. The number of aldehydes is 1. The molecule has 1 aromatic carbocycles. The van der Waals surface area contributed by atoms with E-state index in [0.717, 1.165) is 10.5 Å². The fourth-order valence-electron chi connectivity index (χ4n) is 4.23. The molecule has 2 aliphatic rings. The lowest BCUT2D eigenvalue weighted by molar-refractivity contribution is -0.137. The second-order valence-corrected chi connectivity index (χ2v) is 10.6. The molecule has 1 aromatic rings. The second kappa shape index (κ2) is 17.4. The number of carbonyl (C=O) groups is 8. The van der Waals surface area contributed by atoms with E-state index in [9.17, 15) is 38.4 Å². The SMILES string of the molecule is O=CC1(OCNC(=O)CNC(=O)C(Cc2ccccc2)NC(=O)CNC(=O)CNC(=O)CCCCCN2C(=O)C=CC2=O)CC1. The van der Waals surface area contributed by atoms with Gasteiger partial charge < -0.3 is 36.1 Å². The van der Waals surface area contributed by atoms with Gasteiger partial charge in [0.15, 0.2) is 6.29 Å². The molecule has 0 saturated heterocycles. The predicted molar refractivity (Wildman–Crippen MR) is 158 cm³/mol. The van der Waals surface area contributed by atoms with E-state index in [2.05, 4.69) is 26.6 Å². The van der Waals surface area contributed by atoms with Crippen LogP contribution >= 0.6 is 0 Å². The Morgan fingerprint density at radius 3 is 2.09 bits per heavy atom. The Balaban J connectivity index is 1.33. The highest BCUT2D eigenvalue weighted by Gasteiger charge is 2.44. The summed E-state index contributed by atoms with van der Waals surface area (Å²) in [5, 5.41) is 12.3. The molecule has 1 aliphatic carbocycles. The van der Waals surface area contributed by atoms with Gasteiger partial charge in [0.25, 0.3) is 11.8 Å². The van der Waals surface area contributed by atoms with Crippen molar-refractivity contribution in [3.63, 3.8) is 0 Å². The van der Waals surface area contributed by atoms with E-state index in [1.165, 1.54) is 12.2 Å². The van der Waals surface area contributed by atoms with Gasteiger partial charge in [0.1, 0.15) is 18.4 Å². The summed E-state index contributed by atoms with van der Waals surface area (Å²) in [6.07, 6.45) is 6.24. The lowest BCUT2D eigenvalue weighted by Crippen LogP contribution is -2.52. The number of unbranched alkanes of at least 4 members (excludes halogenated alkanes) is 2. The average Bonchev–Trinajstić information content (AvgIpc) is 3.75. The van der Waals surface area contributed by atoms with Gasteiger partial charge >= 0.3 is 0 Å². The Morgan fingerprint density at radius 1 is 0.800 bits per heavy atom. The maximum Gasteiger partial charge on any atom is 0.253 e. The van der Waals surface area contributed by atoms with E-state index in [1.807, 2.05) is 0 Å². The Labute approximate surface area is 259 Å². The molecule has 1 fully saturated rings. The predicted octanol–water partition coefficient (Wildman–Crippen LogP) is -1.63. The molecule has 1 atom stereocenters. The topological polar surface area (TPSA) is 209 Å². The maximum atomic E-state index is 12.9. The van der Waals surface area contributed by atoms with Crippen LogP contribution in [0.3, 0.4) is 0 Å². The molecule has 15 heteroatoms. The van der Waals surface area contributed by atoms with Crippen molar-refractivity contribution in [1.29, 1.82) is 0 Å². The third-order valence-electron chi connectivity index (χ3n) is 7.02. The van der Waals surface area contributed by atoms with Gasteiger partial charge in [-0.1, -0.05) is 36.8 Å². The van der Waals surface area contributed by atoms with Gasteiger partial charge in [0, 0.05) is 31.5 Å². The molecule has 5 N–H and O–H groups in total. The number of carbonyl (C=O) groups excluding carboxylic acids is 8. The lowest BCUT2D eigenvalue weighted by atomic mass is 10.1. The first-order valence-corrected chi connectivity index (χ1v) is 14.7. The van der Waals surface area contributed by atoms with Crippen LogP contribution in [0.25, 0.3) is 0 Å². The van der Waals surface area contributed by atoms with Gasteiger partial charge in [-0.25, -0.2) is 0 Å². The molecule has 0 aromatic heterocycles. The zero-order chi connectivity index (χ0) is 32.7. The summed E-state index contributed by atoms with van der Waals surface area (Å²) in [5.74, 6) is -3.49. The van der Waals surface area contributed by atoms with E-state index in [-0.39, 0.29) is 56.9 Å². The zero-order valence-corrected chi connectivity index (χ0v) is 24.8. The molecule has 0 spiro atoms. The average molecular weight is 627 g/mol. The molecule has 1 saturated carbocycles. The molecule has 0 radical (unpaired) electrons. The zero-order valence-electron chi connectivity index (χ0n) is 24.8. The third-order valence-corrected chi connectivity index (χ3v) is 7.02. The number of hydrogen-bond acceptors (Lipinski definition) is 9. The summed E-state index contributed by atoms with van der Waals surface area (Å²) in [6, 6.07) is 7.84. The van der Waals surface area contributed by atoms with Crippen molar-refractivity contribution in [3.05, 3.63) is 48.0 Å². The minimum Gasteiger partial charge on any atom is -0.347 e. The highest BCUT2D eigenvalue weighted by atomic mass is 16.5. The maximum absolute atomic E-state index is 12.9. The van der Waals surface area contributed by atoms with E-state index < -0.39 is 41.8 Å². The van der Waals surface area contributed by atoms with Crippen molar-refractivity contribution < 1.29 is 43.1 Å². The van der Waals surface area contributed by atoms with Crippen molar-refractivity contribution in [2.75, 3.05) is 32.9 Å². The van der Waals surface area contributed by atoms with Crippen LogP contribution in [-0.2, 0) is 49.5 Å². The fraction of sp³-hybridized carbons (Fsp3) is 0.467. The highest BCUT2D eigenvalue weighted by molar-refractivity contribution is 6.12. The number of nitrogens with zero attached hydrogens (tertiary/aromatic N) is 1. The first kappa shape index (κ1) is 34.6. The number of benzene rings is 1. The molecule has 15 nitrogen and oxygen atoms in total. The van der Waals surface area contributed by atoms with Gasteiger partial charge in [0.05, 0.1) is 19.6 Å². The van der Waals surface area contributed by atoms with Crippen molar-refractivity contribution >= 4 is 47.6 Å². The number of nitrogens with one attached hydrogen (secondary N) is 5. The standard InChI is InChI=1S/C30H38N6O9/c37-19-30(12-13-30)45-20-34-25(40)17-33-29(44)22(15-21-7-3-1-4-8-21)35-26(41)18-32-24(39)16-31-23(38)9-5-2-6-14-36-27(42)10-11-28(36)43/h1,3-4,7-8,10-11,19,22H,2,5-6,9,12-18,20H2,(H,31,38)(H,32,39)(H,33,44)(H,34,40)(H,35,41). The summed E-state index contributed by atoms with van der Waals surface area (Å²) in [7, 11) is 0. The van der Waals surface area contributed by atoms with Crippen LogP contribution in [0.5, 0.6) is 0 Å². The Morgan fingerprint density at radius 2 is 1.42 bits per heavy atom. The van der Waals surface area contributed by atoms with Crippen molar-refractivity contribution in [1.82, 2.24) is 31.5 Å². The Bertz CT molecular complexity index is 1280. The summed E-state index contributed by atoms with van der Waals surface area (Å²) < 4.78 is 5.32. The molecule has 1 heterocycles. The smallest absolute Gasteiger partial charge is 0.253 e. The minimum absolute atomic E-state index is 0.122.